The van der Waals surface area contributed by atoms with E-state index in [9.17, 15) is 8.78 Å². The van der Waals surface area contributed by atoms with Crippen LogP contribution in [0.25, 0.3) is 22.4 Å². The lowest BCUT2D eigenvalue weighted by Gasteiger charge is -2.08. The van der Waals surface area contributed by atoms with Crippen molar-refractivity contribution in [1.82, 2.24) is 24.5 Å². The van der Waals surface area contributed by atoms with Crippen molar-refractivity contribution in [3.63, 3.8) is 0 Å². The summed E-state index contributed by atoms with van der Waals surface area (Å²) in [5.41, 5.74) is 4.11. The van der Waals surface area contributed by atoms with E-state index in [2.05, 4.69) is 15.2 Å². The maximum atomic E-state index is 13.8. The highest BCUT2D eigenvalue weighted by Crippen LogP contribution is 2.32. The van der Waals surface area contributed by atoms with Crippen molar-refractivity contribution < 1.29 is 8.78 Å². The number of fused-ring (bicyclic) bond motifs is 1. The molecule has 4 aromatic rings. The molecule has 0 aliphatic rings. The Hall–Kier alpha value is -3.09. The topological polar surface area (TPSA) is 48.5 Å². The zero-order valence-electron chi connectivity index (χ0n) is 15.3. The summed E-state index contributed by atoms with van der Waals surface area (Å²) in [4.78, 5) is 4.63. The van der Waals surface area contributed by atoms with E-state index in [1.807, 2.05) is 31.2 Å². The van der Waals surface area contributed by atoms with Gasteiger partial charge < -0.3 is 0 Å². The summed E-state index contributed by atoms with van der Waals surface area (Å²) in [7, 11) is 1.78. The number of alkyl halides is 2. The summed E-state index contributed by atoms with van der Waals surface area (Å²) < 4.78 is 30.8. The van der Waals surface area contributed by atoms with Gasteiger partial charge >= 0.3 is 0 Å². The minimum absolute atomic E-state index is 0.0618. The molecule has 0 N–H and O–H groups in total. The average Bonchev–Trinajstić information content (AvgIpc) is 3.20. The molecular weight excluding hydrogens is 348 g/mol. The van der Waals surface area contributed by atoms with E-state index in [-0.39, 0.29) is 5.56 Å². The zero-order valence-corrected chi connectivity index (χ0v) is 15.3. The molecule has 3 aromatic heterocycles. The highest BCUT2D eigenvalue weighted by molar-refractivity contribution is 5.85. The average molecular weight is 367 g/mol. The maximum absolute atomic E-state index is 13.8. The van der Waals surface area contributed by atoms with E-state index in [0.717, 1.165) is 11.1 Å². The lowest BCUT2D eigenvalue weighted by molar-refractivity contribution is 0.153. The molecule has 0 atom stereocenters. The molecule has 4 rings (SSSR count). The first-order valence-electron chi connectivity index (χ1n) is 8.64. The highest BCUT2D eigenvalue weighted by Gasteiger charge is 2.21. The first kappa shape index (κ1) is 17.3. The molecule has 0 aliphatic heterocycles. The van der Waals surface area contributed by atoms with Crippen LogP contribution in [0.2, 0.25) is 0 Å². The van der Waals surface area contributed by atoms with Crippen LogP contribution in [-0.4, -0.2) is 24.5 Å². The summed E-state index contributed by atoms with van der Waals surface area (Å²) >= 11 is 0. The number of nitrogens with zero attached hydrogens (tertiary/aromatic N) is 5. The minimum Gasteiger partial charge on any atom is -0.275 e. The van der Waals surface area contributed by atoms with Crippen LogP contribution in [0.4, 0.5) is 8.78 Å². The fraction of sp³-hybridized carbons (Fsp3) is 0.250. The summed E-state index contributed by atoms with van der Waals surface area (Å²) in [6.45, 7) is 4.22. The van der Waals surface area contributed by atoms with E-state index >= 15 is 0 Å². The third-order valence-electron chi connectivity index (χ3n) is 4.57. The van der Waals surface area contributed by atoms with Crippen molar-refractivity contribution in [3.05, 3.63) is 65.0 Å². The Morgan fingerprint density at radius 1 is 1.00 bits per heavy atom. The Kier molecular flexibility index (Phi) is 4.22. The van der Waals surface area contributed by atoms with Crippen molar-refractivity contribution >= 4 is 11.0 Å². The van der Waals surface area contributed by atoms with Crippen LogP contribution >= 0.6 is 0 Å². The molecule has 5 nitrogen and oxygen atoms in total. The van der Waals surface area contributed by atoms with Crippen LogP contribution in [0.5, 0.6) is 0 Å². The number of benzene rings is 1. The molecular formula is C20H19F2N5. The Morgan fingerprint density at radius 2 is 1.74 bits per heavy atom. The van der Waals surface area contributed by atoms with Crippen molar-refractivity contribution in [1.29, 1.82) is 0 Å². The molecule has 1 aromatic carbocycles. The molecule has 0 fully saturated rings. The second-order valence-corrected chi connectivity index (χ2v) is 6.70. The molecule has 0 amide bonds. The molecule has 0 saturated heterocycles. The van der Waals surface area contributed by atoms with Crippen molar-refractivity contribution in [2.24, 2.45) is 7.05 Å². The predicted molar refractivity (Wildman–Crippen MR) is 99.7 cm³/mol. The first-order chi connectivity index (χ1) is 12.9. The third kappa shape index (κ3) is 3.20. The summed E-state index contributed by atoms with van der Waals surface area (Å²) in [6, 6.07) is 11.2. The third-order valence-corrected chi connectivity index (χ3v) is 4.57. The van der Waals surface area contributed by atoms with Crippen LogP contribution in [0.1, 0.15) is 28.8 Å². The molecule has 3 heterocycles. The van der Waals surface area contributed by atoms with Gasteiger partial charge in [0.2, 0.25) is 0 Å². The van der Waals surface area contributed by atoms with E-state index in [0.29, 0.717) is 34.7 Å². The van der Waals surface area contributed by atoms with Crippen LogP contribution < -0.4 is 0 Å². The molecule has 0 bridgehead atoms. The zero-order chi connectivity index (χ0) is 19.1. The number of rotatable bonds is 4. The van der Waals surface area contributed by atoms with Gasteiger partial charge in [-0.1, -0.05) is 29.8 Å². The van der Waals surface area contributed by atoms with Crippen LogP contribution in [0, 0.1) is 13.8 Å². The second-order valence-electron chi connectivity index (χ2n) is 6.70. The summed E-state index contributed by atoms with van der Waals surface area (Å²) in [6.07, 6.45) is -0.855. The first-order valence-corrected chi connectivity index (χ1v) is 8.64. The Balaban J connectivity index is 1.89. The number of aryl methyl sites for hydroxylation is 3. The van der Waals surface area contributed by atoms with Crippen molar-refractivity contribution in [2.75, 3.05) is 0 Å². The number of pyridine rings is 1. The van der Waals surface area contributed by atoms with Gasteiger partial charge in [0, 0.05) is 18.8 Å². The largest absolute Gasteiger partial charge is 0.275 e. The Labute approximate surface area is 155 Å². The van der Waals surface area contributed by atoms with Gasteiger partial charge in [-0.3, -0.25) is 4.68 Å². The lowest BCUT2D eigenvalue weighted by Crippen LogP contribution is -2.04. The van der Waals surface area contributed by atoms with Crippen LogP contribution in [0.3, 0.4) is 0 Å². The molecule has 0 unspecified atom stereocenters. The minimum atomic E-state index is -2.62. The molecule has 0 aliphatic carbocycles. The van der Waals surface area contributed by atoms with E-state index in [1.165, 1.54) is 6.07 Å². The van der Waals surface area contributed by atoms with Gasteiger partial charge in [0.1, 0.15) is 5.69 Å². The maximum Gasteiger partial charge on any atom is 0.264 e. The quantitative estimate of drug-likeness (QED) is 0.536. The van der Waals surface area contributed by atoms with Crippen LogP contribution in [-0.2, 0) is 13.6 Å². The smallest absolute Gasteiger partial charge is 0.264 e. The van der Waals surface area contributed by atoms with Gasteiger partial charge in [-0.25, -0.2) is 18.4 Å². The second kappa shape index (κ2) is 6.57. The van der Waals surface area contributed by atoms with E-state index < -0.39 is 6.43 Å². The molecule has 0 radical (unpaired) electrons. The summed E-state index contributed by atoms with van der Waals surface area (Å²) in [5.74, 6) is 0. The Bertz CT molecular complexity index is 1110. The monoisotopic (exact) mass is 367 g/mol. The standard InChI is InChI=1S/C20H19F2N5/c1-12-4-6-14(7-5-12)11-27-20-18(13(2)24-27)15(19(21)22)10-17(23-20)16-8-9-26(3)25-16/h4-10,19H,11H2,1-3H3. The fourth-order valence-corrected chi connectivity index (χ4v) is 3.22. The number of halogens is 2. The van der Waals surface area contributed by atoms with Gasteiger partial charge in [-0.05, 0) is 31.5 Å². The fourth-order valence-electron chi connectivity index (χ4n) is 3.22. The van der Waals surface area contributed by atoms with Gasteiger partial charge in [0.25, 0.3) is 6.43 Å². The molecule has 27 heavy (non-hydrogen) atoms. The number of aromatic nitrogens is 5. The molecule has 138 valence electrons. The van der Waals surface area contributed by atoms with Gasteiger partial charge in [0.05, 0.1) is 23.3 Å². The predicted octanol–water partition coefficient (Wildman–Crippen LogP) is 4.43. The highest BCUT2D eigenvalue weighted by atomic mass is 19.3. The van der Waals surface area contributed by atoms with Crippen molar-refractivity contribution in [2.45, 2.75) is 26.8 Å². The van der Waals surface area contributed by atoms with Crippen molar-refractivity contribution in [3.8, 4) is 11.4 Å². The lowest BCUT2D eigenvalue weighted by atomic mass is 10.1. The number of hydrogen-bond donors (Lipinski definition) is 0. The number of hydrogen-bond acceptors (Lipinski definition) is 3. The van der Waals surface area contributed by atoms with Gasteiger partial charge in [-0.15, -0.1) is 0 Å². The molecule has 0 spiro atoms. The molecule has 7 heteroatoms. The SMILES string of the molecule is Cc1ccc(Cn2nc(C)c3c(C(F)F)cc(-c4ccn(C)n4)nc32)cc1. The molecule has 0 saturated carbocycles. The van der Waals surface area contributed by atoms with Gasteiger partial charge in [-0.2, -0.15) is 10.2 Å². The van der Waals surface area contributed by atoms with E-state index in [1.54, 1.807) is 35.6 Å². The van der Waals surface area contributed by atoms with E-state index in [4.69, 9.17) is 0 Å². The summed E-state index contributed by atoms with van der Waals surface area (Å²) in [5, 5.41) is 9.20. The normalized spacial score (nSPS) is 11.6. The van der Waals surface area contributed by atoms with Gasteiger partial charge in [0.15, 0.2) is 5.65 Å². The Morgan fingerprint density at radius 3 is 2.37 bits per heavy atom. The van der Waals surface area contributed by atoms with Crippen LogP contribution in [0.15, 0.2) is 42.6 Å².